The largest absolute Gasteiger partial charge is 0.352 e. The Morgan fingerprint density at radius 3 is 2.24 bits per heavy atom. The molecule has 1 aliphatic heterocycles. The summed E-state index contributed by atoms with van der Waals surface area (Å²) in [7, 11) is 0. The van der Waals surface area contributed by atoms with Gasteiger partial charge in [-0.25, -0.2) is 0 Å². The summed E-state index contributed by atoms with van der Waals surface area (Å²) in [5, 5.41) is 9.80. The van der Waals surface area contributed by atoms with Crippen LogP contribution in [-0.2, 0) is 0 Å². The minimum Gasteiger partial charge on any atom is -0.352 e. The molecule has 0 aliphatic carbocycles. The van der Waals surface area contributed by atoms with E-state index in [0.717, 1.165) is 15.9 Å². The van der Waals surface area contributed by atoms with Gasteiger partial charge >= 0.3 is 0 Å². The normalized spacial score (nSPS) is 14.2. The molecule has 0 saturated carbocycles. The summed E-state index contributed by atoms with van der Waals surface area (Å²) in [5.41, 5.74) is 2.19. The van der Waals surface area contributed by atoms with Crippen LogP contribution in [0, 0.1) is 0 Å². The summed E-state index contributed by atoms with van der Waals surface area (Å²) in [6.07, 6.45) is 0. The van der Waals surface area contributed by atoms with Crippen molar-refractivity contribution in [3.05, 3.63) is 74.7 Å². The summed E-state index contributed by atoms with van der Waals surface area (Å²) < 4.78 is 0.959. The van der Waals surface area contributed by atoms with E-state index >= 15 is 0 Å². The van der Waals surface area contributed by atoms with Gasteiger partial charge in [-0.15, -0.1) is 10.2 Å². The first kappa shape index (κ1) is 20.1. The Balaban J connectivity index is 1.41. The monoisotopic (exact) mass is 490 g/mol. The molecule has 2 heterocycles. The number of hydrogen-bond acceptors (Lipinski definition) is 4. The predicted molar refractivity (Wildman–Crippen MR) is 120 cm³/mol. The standard InChI is InChI=1S/C21H17BrCl2N4O/c22-15-3-1-14(2-4-15)21(29)28-11-9-27(10-12-28)20-8-7-19(25-26-20)17-6-5-16(23)13-18(17)24/h1-8,13H,9-12H2. The molecule has 0 N–H and O–H groups in total. The highest BCUT2D eigenvalue weighted by Crippen LogP contribution is 2.29. The molecule has 1 fully saturated rings. The van der Waals surface area contributed by atoms with E-state index in [0.29, 0.717) is 47.5 Å². The molecule has 1 aliphatic rings. The van der Waals surface area contributed by atoms with Crippen molar-refractivity contribution in [2.75, 3.05) is 31.1 Å². The van der Waals surface area contributed by atoms with Gasteiger partial charge in [0.25, 0.3) is 5.91 Å². The second kappa shape index (κ2) is 8.69. The number of aromatic nitrogens is 2. The van der Waals surface area contributed by atoms with Gasteiger partial charge in [-0.2, -0.15) is 0 Å². The van der Waals surface area contributed by atoms with E-state index in [1.54, 1.807) is 12.1 Å². The van der Waals surface area contributed by atoms with Crippen LogP contribution >= 0.6 is 39.1 Å². The minimum atomic E-state index is 0.0518. The summed E-state index contributed by atoms with van der Waals surface area (Å²) in [6.45, 7) is 2.69. The van der Waals surface area contributed by atoms with Crippen LogP contribution < -0.4 is 4.90 Å². The van der Waals surface area contributed by atoms with Crippen LogP contribution in [-0.4, -0.2) is 47.2 Å². The molecular weight excluding hydrogens is 475 g/mol. The molecule has 0 atom stereocenters. The maximum absolute atomic E-state index is 12.7. The van der Waals surface area contributed by atoms with Crippen molar-refractivity contribution in [3.63, 3.8) is 0 Å². The topological polar surface area (TPSA) is 49.3 Å². The van der Waals surface area contributed by atoms with E-state index in [9.17, 15) is 4.79 Å². The van der Waals surface area contributed by atoms with Gasteiger partial charge in [0.15, 0.2) is 5.82 Å². The lowest BCUT2D eigenvalue weighted by Gasteiger charge is -2.35. The number of rotatable bonds is 3. The molecular formula is C21H17BrCl2N4O. The van der Waals surface area contributed by atoms with E-state index in [1.165, 1.54) is 0 Å². The number of nitrogens with zero attached hydrogens (tertiary/aromatic N) is 4. The fraction of sp³-hybridized carbons (Fsp3) is 0.190. The van der Waals surface area contributed by atoms with Crippen molar-refractivity contribution in [3.8, 4) is 11.3 Å². The number of anilines is 1. The average Bonchev–Trinajstić information content (AvgIpc) is 2.74. The van der Waals surface area contributed by atoms with Crippen molar-refractivity contribution in [2.24, 2.45) is 0 Å². The van der Waals surface area contributed by atoms with Crippen LogP contribution in [0.25, 0.3) is 11.3 Å². The maximum Gasteiger partial charge on any atom is 0.253 e. The van der Waals surface area contributed by atoms with Gasteiger partial charge in [-0.1, -0.05) is 39.1 Å². The lowest BCUT2D eigenvalue weighted by molar-refractivity contribution is 0.0746. The maximum atomic E-state index is 12.7. The summed E-state index contributed by atoms with van der Waals surface area (Å²) in [5.74, 6) is 0.838. The highest BCUT2D eigenvalue weighted by Gasteiger charge is 2.23. The molecule has 8 heteroatoms. The van der Waals surface area contributed by atoms with Crippen LogP contribution in [0.2, 0.25) is 10.0 Å². The van der Waals surface area contributed by atoms with Crippen molar-refractivity contribution >= 4 is 50.9 Å². The first-order valence-electron chi connectivity index (χ1n) is 9.10. The Kier molecular flexibility index (Phi) is 6.04. The third kappa shape index (κ3) is 4.55. The number of carbonyl (C=O) groups is 1. The number of piperazine rings is 1. The fourth-order valence-electron chi connectivity index (χ4n) is 3.25. The van der Waals surface area contributed by atoms with Gasteiger partial charge in [0.2, 0.25) is 0 Å². The van der Waals surface area contributed by atoms with E-state index in [2.05, 4.69) is 31.0 Å². The summed E-state index contributed by atoms with van der Waals surface area (Å²) in [4.78, 5) is 16.7. The summed E-state index contributed by atoms with van der Waals surface area (Å²) >= 11 is 15.6. The van der Waals surface area contributed by atoms with Crippen molar-refractivity contribution < 1.29 is 4.79 Å². The van der Waals surface area contributed by atoms with Gasteiger partial charge in [-0.3, -0.25) is 4.79 Å². The Morgan fingerprint density at radius 2 is 1.62 bits per heavy atom. The molecule has 29 heavy (non-hydrogen) atoms. The highest BCUT2D eigenvalue weighted by atomic mass is 79.9. The molecule has 0 unspecified atom stereocenters. The Bertz CT molecular complexity index is 1020. The lowest BCUT2D eigenvalue weighted by atomic mass is 10.1. The molecule has 1 aromatic heterocycles. The zero-order valence-electron chi connectivity index (χ0n) is 15.4. The zero-order valence-corrected chi connectivity index (χ0v) is 18.5. The van der Waals surface area contributed by atoms with E-state index in [1.807, 2.05) is 47.4 Å². The second-order valence-corrected chi connectivity index (χ2v) is 8.45. The van der Waals surface area contributed by atoms with Crippen molar-refractivity contribution in [2.45, 2.75) is 0 Å². The van der Waals surface area contributed by atoms with Gasteiger partial charge in [-0.05, 0) is 54.6 Å². The minimum absolute atomic E-state index is 0.0518. The second-order valence-electron chi connectivity index (χ2n) is 6.69. The Morgan fingerprint density at radius 1 is 0.897 bits per heavy atom. The van der Waals surface area contributed by atoms with Gasteiger partial charge in [0.05, 0.1) is 10.7 Å². The molecule has 0 spiro atoms. The first-order valence-corrected chi connectivity index (χ1v) is 10.6. The first-order chi connectivity index (χ1) is 14.0. The fourth-order valence-corrected chi connectivity index (χ4v) is 4.02. The van der Waals surface area contributed by atoms with Crippen LogP contribution in [0.15, 0.2) is 59.1 Å². The number of halogens is 3. The zero-order chi connectivity index (χ0) is 20.4. The molecule has 0 radical (unpaired) electrons. The molecule has 3 aromatic rings. The van der Waals surface area contributed by atoms with E-state index in [4.69, 9.17) is 23.2 Å². The van der Waals surface area contributed by atoms with Gasteiger partial charge in [0.1, 0.15) is 0 Å². The van der Waals surface area contributed by atoms with Gasteiger partial charge in [0, 0.05) is 46.8 Å². The average molecular weight is 492 g/mol. The molecule has 0 bridgehead atoms. The number of benzene rings is 2. The van der Waals surface area contributed by atoms with Crippen molar-refractivity contribution in [1.29, 1.82) is 0 Å². The van der Waals surface area contributed by atoms with Crippen molar-refractivity contribution in [1.82, 2.24) is 15.1 Å². The molecule has 148 valence electrons. The van der Waals surface area contributed by atoms with E-state index < -0.39 is 0 Å². The number of amides is 1. The van der Waals surface area contributed by atoms with E-state index in [-0.39, 0.29) is 5.91 Å². The SMILES string of the molecule is O=C(c1ccc(Br)cc1)N1CCN(c2ccc(-c3ccc(Cl)cc3Cl)nn2)CC1. The molecule has 1 amide bonds. The van der Waals surface area contributed by atoms with Crippen LogP contribution in [0.5, 0.6) is 0 Å². The molecule has 1 saturated heterocycles. The Labute approximate surface area is 187 Å². The number of hydrogen-bond donors (Lipinski definition) is 0. The lowest BCUT2D eigenvalue weighted by Crippen LogP contribution is -2.49. The molecule has 4 rings (SSSR count). The predicted octanol–water partition coefficient (Wildman–Crippen LogP) is 5.18. The molecule has 2 aromatic carbocycles. The quantitative estimate of drug-likeness (QED) is 0.506. The smallest absolute Gasteiger partial charge is 0.253 e. The highest BCUT2D eigenvalue weighted by molar-refractivity contribution is 9.10. The van der Waals surface area contributed by atoms with Crippen LogP contribution in [0.3, 0.4) is 0 Å². The third-order valence-corrected chi connectivity index (χ3v) is 5.92. The Hall–Kier alpha value is -2.15. The van der Waals surface area contributed by atoms with Crippen LogP contribution in [0.1, 0.15) is 10.4 Å². The van der Waals surface area contributed by atoms with Crippen LogP contribution in [0.4, 0.5) is 5.82 Å². The number of carbonyl (C=O) groups excluding carboxylic acids is 1. The molecule has 5 nitrogen and oxygen atoms in total. The summed E-state index contributed by atoms with van der Waals surface area (Å²) in [6, 6.07) is 16.6. The third-order valence-electron chi connectivity index (χ3n) is 4.84. The van der Waals surface area contributed by atoms with Gasteiger partial charge < -0.3 is 9.80 Å².